The van der Waals surface area contributed by atoms with Gasteiger partial charge in [0.15, 0.2) is 5.75 Å². The van der Waals surface area contributed by atoms with Crippen molar-refractivity contribution >= 4 is 28.6 Å². The lowest BCUT2D eigenvalue weighted by atomic mass is 10.0. The van der Waals surface area contributed by atoms with E-state index in [9.17, 15) is 9.59 Å². The largest absolute Gasteiger partial charge is 0.495 e. The van der Waals surface area contributed by atoms with Crippen LogP contribution in [0, 0.1) is 0 Å². The average molecular weight is 493 g/mol. The maximum atomic E-state index is 12.8. The number of aryl methyl sites for hydroxylation is 1. The van der Waals surface area contributed by atoms with Gasteiger partial charge in [0.1, 0.15) is 5.75 Å². The fourth-order valence-electron chi connectivity index (χ4n) is 4.79. The van der Waals surface area contributed by atoms with Crippen molar-refractivity contribution in [2.45, 2.75) is 37.6 Å². The predicted molar refractivity (Wildman–Crippen MR) is 138 cm³/mol. The molecule has 5 rings (SSSR count). The number of carbonyl (C=O) groups is 1. The molecule has 190 valence electrons. The van der Waals surface area contributed by atoms with Crippen LogP contribution in [0.1, 0.15) is 47.5 Å². The van der Waals surface area contributed by atoms with E-state index in [4.69, 9.17) is 14.5 Å². The molecule has 2 N–H and O–H groups in total. The van der Waals surface area contributed by atoms with Gasteiger partial charge in [-0.2, -0.15) is 0 Å². The first-order valence-corrected chi connectivity index (χ1v) is 12.3. The van der Waals surface area contributed by atoms with Gasteiger partial charge in [0, 0.05) is 24.2 Å². The molecule has 0 atom stereocenters. The van der Waals surface area contributed by atoms with Gasteiger partial charge in [-0.05, 0) is 69.9 Å². The Labute approximate surface area is 209 Å². The van der Waals surface area contributed by atoms with Crippen LogP contribution in [-0.2, 0) is 7.05 Å². The van der Waals surface area contributed by atoms with Crippen LogP contribution in [0.25, 0.3) is 11.0 Å². The van der Waals surface area contributed by atoms with Gasteiger partial charge in [0.05, 0.1) is 37.1 Å². The highest BCUT2D eigenvalue weighted by Gasteiger charge is 2.32. The second-order valence-corrected chi connectivity index (χ2v) is 9.60. The number of rotatable bonds is 7. The lowest BCUT2D eigenvalue weighted by Crippen LogP contribution is -2.43. The number of aromatic nitrogens is 3. The third-order valence-corrected chi connectivity index (χ3v) is 7.08. The van der Waals surface area contributed by atoms with E-state index in [1.165, 1.54) is 11.7 Å². The summed E-state index contributed by atoms with van der Waals surface area (Å²) in [6.45, 7) is 1.96. The fraction of sp³-hybridized carbons (Fsp3) is 0.462. The van der Waals surface area contributed by atoms with Crippen molar-refractivity contribution in [3.63, 3.8) is 0 Å². The smallest absolute Gasteiger partial charge is 0.293 e. The molecule has 1 amide bonds. The Hall–Kier alpha value is -3.66. The Bertz CT molecular complexity index is 1360. The van der Waals surface area contributed by atoms with Crippen molar-refractivity contribution in [1.29, 1.82) is 0 Å². The van der Waals surface area contributed by atoms with Crippen LogP contribution < -0.4 is 25.7 Å². The van der Waals surface area contributed by atoms with Gasteiger partial charge >= 0.3 is 0 Å². The Morgan fingerprint density at radius 2 is 1.83 bits per heavy atom. The summed E-state index contributed by atoms with van der Waals surface area (Å²) in [5.74, 6) is 1.37. The third kappa shape index (κ3) is 4.60. The molecule has 3 heterocycles. The SMILES string of the molecule is COc1cc(C(=O)NC2CCN(C)CC2)ccc1Nc1ncc2c(n1)c(C1CC1)c(OC)c(=O)n2C. The third-order valence-electron chi connectivity index (χ3n) is 7.08. The number of likely N-dealkylation sites (tertiary alicyclic amines) is 1. The van der Waals surface area contributed by atoms with Gasteiger partial charge in [-0.3, -0.25) is 9.59 Å². The summed E-state index contributed by atoms with van der Waals surface area (Å²) in [7, 11) is 6.87. The second-order valence-electron chi connectivity index (χ2n) is 9.60. The molecule has 0 spiro atoms. The molecule has 0 unspecified atom stereocenters. The summed E-state index contributed by atoms with van der Waals surface area (Å²) >= 11 is 0. The number of ether oxygens (including phenoxy) is 2. The molecule has 2 fully saturated rings. The summed E-state index contributed by atoms with van der Waals surface area (Å²) in [6.07, 6.45) is 5.53. The Balaban J connectivity index is 1.41. The molecule has 1 saturated carbocycles. The number of pyridine rings is 1. The van der Waals surface area contributed by atoms with Crippen LogP contribution in [0.3, 0.4) is 0 Å². The van der Waals surface area contributed by atoms with E-state index in [0.29, 0.717) is 39.7 Å². The summed E-state index contributed by atoms with van der Waals surface area (Å²) in [6, 6.07) is 5.45. The van der Waals surface area contributed by atoms with Crippen LogP contribution in [0.15, 0.2) is 29.2 Å². The van der Waals surface area contributed by atoms with Gasteiger partial charge in [-0.15, -0.1) is 0 Å². The molecular weight excluding hydrogens is 460 g/mol. The molecule has 0 bridgehead atoms. The quantitative estimate of drug-likeness (QED) is 0.518. The number of anilines is 2. The van der Waals surface area contributed by atoms with Crippen molar-refractivity contribution in [3.05, 3.63) is 45.9 Å². The maximum absolute atomic E-state index is 12.8. The van der Waals surface area contributed by atoms with Gasteiger partial charge in [-0.1, -0.05) is 0 Å². The molecule has 1 saturated heterocycles. The average Bonchev–Trinajstić information content (AvgIpc) is 3.72. The van der Waals surface area contributed by atoms with Crippen LogP contribution in [0.5, 0.6) is 11.5 Å². The molecule has 1 aromatic carbocycles. The number of nitrogens with one attached hydrogen (secondary N) is 2. The first-order valence-electron chi connectivity index (χ1n) is 12.3. The summed E-state index contributed by atoms with van der Waals surface area (Å²) in [5.41, 5.74) is 3.17. The number of hydrogen-bond acceptors (Lipinski definition) is 8. The van der Waals surface area contributed by atoms with Crippen LogP contribution in [-0.4, -0.2) is 65.7 Å². The number of benzene rings is 1. The summed E-state index contributed by atoms with van der Waals surface area (Å²) < 4.78 is 12.6. The number of piperidine rings is 1. The van der Waals surface area contributed by atoms with E-state index in [2.05, 4.69) is 27.6 Å². The summed E-state index contributed by atoms with van der Waals surface area (Å²) in [4.78, 5) is 37.1. The van der Waals surface area contributed by atoms with E-state index in [1.807, 2.05) is 0 Å². The summed E-state index contributed by atoms with van der Waals surface area (Å²) in [5, 5.41) is 6.35. The highest BCUT2D eigenvalue weighted by Crippen LogP contribution is 2.46. The number of methoxy groups -OCH3 is 2. The van der Waals surface area contributed by atoms with Gasteiger partial charge in [-0.25, -0.2) is 9.97 Å². The molecular formula is C26H32N6O4. The molecule has 10 nitrogen and oxygen atoms in total. The lowest BCUT2D eigenvalue weighted by Gasteiger charge is -2.29. The Morgan fingerprint density at radius 3 is 2.50 bits per heavy atom. The van der Waals surface area contributed by atoms with Gasteiger partial charge < -0.3 is 29.6 Å². The van der Waals surface area contributed by atoms with Crippen LogP contribution in [0.2, 0.25) is 0 Å². The van der Waals surface area contributed by atoms with Crippen molar-refractivity contribution in [2.75, 3.05) is 39.7 Å². The van der Waals surface area contributed by atoms with Crippen LogP contribution in [0.4, 0.5) is 11.6 Å². The first-order chi connectivity index (χ1) is 17.4. The second kappa shape index (κ2) is 9.77. The minimum atomic E-state index is -0.188. The molecule has 2 aromatic heterocycles. The number of nitrogens with zero attached hydrogens (tertiary/aromatic N) is 4. The van der Waals surface area contributed by atoms with Crippen LogP contribution >= 0.6 is 0 Å². The van der Waals surface area contributed by atoms with E-state index in [-0.39, 0.29) is 23.4 Å². The molecule has 1 aliphatic carbocycles. The molecule has 10 heteroatoms. The predicted octanol–water partition coefficient (Wildman–Crippen LogP) is 2.79. The normalized spacial score (nSPS) is 16.7. The Kier molecular flexibility index (Phi) is 6.53. The van der Waals surface area contributed by atoms with E-state index in [0.717, 1.165) is 44.3 Å². The van der Waals surface area contributed by atoms with Crippen molar-refractivity contribution < 1.29 is 14.3 Å². The lowest BCUT2D eigenvalue weighted by molar-refractivity contribution is 0.0916. The van der Waals surface area contributed by atoms with Gasteiger partial charge in [0.2, 0.25) is 5.95 Å². The van der Waals surface area contributed by atoms with Crippen molar-refractivity contribution in [1.82, 2.24) is 24.8 Å². The van der Waals surface area contributed by atoms with Gasteiger partial charge in [0.25, 0.3) is 11.5 Å². The molecule has 0 radical (unpaired) electrons. The number of fused-ring (bicyclic) bond motifs is 1. The first kappa shape index (κ1) is 24.1. The Morgan fingerprint density at radius 1 is 1.08 bits per heavy atom. The van der Waals surface area contributed by atoms with E-state index < -0.39 is 0 Å². The number of hydrogen-bond donors (Lipinski definition) is 2. The molecule has 36 heavy (non-hydrogen) atoms. The zero-order chi connectivity index (χ0) is 25.4. The topological polar surface area (TPSA) is 111 Å². The zero-order valence-electron chi connectivity index (χ0n) is 21.1. The zero-order valence-corrected chi connectivity index (χ0v) is 21.1. The number of amides is 1. The molecule has 2 aliphatic rings. The molecule has 1 aliphatic heterocycles. The highest BCUT2D eigenvalue weighted by atomic mass is 16.5. The minimum Gasteiger partial charge on any atom is -0.495 e. The fourth-order valence-corrected chi connectivity index (χ4v) is 4.79. The van der Waals surface area contributed by atoms with Crippen molar-refractivity contribution in [2.24, 2.45) is 7.05 Å². The van der Waals surface area contributed by atoms with E-state index >= 15 is 0 Å². The highest BCUT2D eigenvalue weighted by molar-refractivity contribution is 5.95. The van der Waals surface area contributed by atoms with Crippen molar-refractivity contribution in [3.8, 4) is 11.5 Å². The molecule has 3 aromatic rings. The monoisotopic (exact) mass is 492 g/mol. The number of carbonyl (C=O) groups excluding carboxylic acids is 1. The van der Waals surface area contributed by atoms with E-state index in [1.54, 1.807) is 38.6 Å². The standard InChI is InChI=1S/C26H32N6O4/c1-31-11-9-17(10-12-31)28-24(33)16-7-8-18(20(13-16)35-3)29-26-27-14-19-22(30-26)21(15-5-6-15)23(36-4)25(34)32(19)2/h7-8,13-15,17H,5-6,9-12H2,1-4H3,(H,28,33)(H,27,29,30). The minimum absolute atomic E-state index is 0.113. The maximum Gasteiger partial charge on any atom is 0.293 e.